The number of ether oxygens (including phenoxy) is 2. The standard InChI is InChI=1S/C15H20O3/c1-11-6-5-8-14(12(11)2)15(16)18-10-13-7-3-4-9-17-13/h5-6,8,13H,3-4,7,9-10H2,1-2H3. The molecule has 1 atom stereocenters. The predicted octanol–water partition coefficient (Wildman–Crippen LogP) is 3.03. The van der Waals surface area contributed by atoms with E-state index < -0.39 is 0 Å². The molecule has 3 nitrogen and oxygen atoms in total. The van der Waals surface area contributed by atoms with Gasteiger partial charge in [0.15, 0.2) is 0 Å². The smallest absolute Gasteiger partial charge is 0.338 e. The van der Waals surface area contributed by atoms with Crippen LogP contribution in [0, 0.1) is 13.8 Å². The van der Waals surface area contributed by atoms with E-state index in [9.17, 15) is 4.79 Å². The van der Waals surface area contributed by atoms with Gasteiger partial charge in [0.05, 0.1) is 11.7 Å². The molecular weight excluding hydrogens is 228 g/mol. The van der Waals surface area contributed by atoms with Gasteiger partial charge in [-0.05, 0) is 50.3 Å². The summed E-state index contributed by atoms with van der Waals surface area (Å²) in [6.45, 7) is 5.09. The third-order valence-corrected chi connectivity index (χ3v) is 3.50. The zero-order valence-corrected chi connectivity index (χ0v) is 11.1. The number of esters is 1. The lowest BCUT2D eigenvalue weighted by molar-refractivity contribution is -0.0300. The van der Waals surface area contributed by atoms with Gasteiger partial charge in [-0.1, -0.05) is 12.1 Å². The molecule has 1 aromatic carbocycles. The van der Waals surface area contributed by atoms with E-state index in [4.69, 9.17) is 9.47 Å². The Bertz CT molecular complexity index is 420. The minimum atomic E-state index is -0.245. The van der Waals surface area contributed by atoms with Crippen LogP contribution in [0.2, 0.25) is 0 Å². The molecule has 98 valence electrons. The van der Waals surface area contributed by atoms with Crippen LogP contribution in [0.4, 0.5) is 0 Å². The predicted molar refractivity (Wildman–Crippen MR) is 69.8 cm³/mol. The lowest BCUT2D eigenvalue weighted by Crippen LogP contribution is -2.26. The molecule has 3 heteroatoms. The Kier molecular flexibility index (Phi) is 4.37. The van der Waals surface area contributed by atoms with Gasteiger partial charge in [-0.15, -0.1) is 0 Å². The Labute approximate surface area is 108 Å². The fraction of sp³-hybridized carbons (Fsp3) is 0.533. The van der Waals surface area contributed by atoms with Gasteiger partial charge in [-0.25, -0.2) is 4.79 Å². The highest BCUT2D eigenvalue weighted by Gasteiger charge is 2.17. The third kappa shape index (κ3) is 3.10. The second kappa shape index (κ2) is 6.01. The normalized spacial score (nSPS) is 19.6. The Morgan fingerprint density at radius 2 is 2.22 bits per heavy atom. The van der Waals surface area contributed by atoms with Crippen molar-refractivity contribution in [3.8, 4) is 0 Å². The maximum atomic E-state index is 12.0. The van der Waals surface area contributed by atoms with Gasteiger partial charge in [-0.3, -0.25) is 0 Å². The minimum absolute atomic E-state index is 0.0767. The molecule has 1 aliphatic rings. The number of carbonyl (C=O) groups is 1. The van der Waals surface area contributed by atoms with Crippen LogP contribution in [-0.2, 0) is 9.47 Å². The average molecular weight is 248 g/mol. The molecule has 1 fully saturated rings. The van der Waals surface area contributed by atoms with Crippen molar-refractivity contribution in [2.75, 3.05) is 13.2 Å². The van der Waals surface area contributed by atoms with Gasteiger partial charge in [0.25, 0.3) is 0 Å². The summed E-state index contributed by atoms with van der Waals surface area (Å²) in [6, 6.07) is 5.69. The fourth-order valence-corrected chi connectivity index (χ4v) is 2.16. The summed E-state index contributed by atoms with van der Waals surface area (Å²) in [5, 5.41) is 0. The van der Waals surface area contributed by atoms with Crippen molar-refractivity contribution >= 4 is 5.97 Å². The molecular formula is C15H20O3. The number of hydrogen-bond donors (Lipinski definition) is 0. The molecule has 1 aromatic rings. The number of benzene rings is 1. The summed E-state index contributed by atoms with van der Waals surface area (Å²) in [5.41, 5.74) is 2.76. The van der Waals surface area contributed by atoms with E-state index in [1.54, 1.807) is 0 Å². The van der Waals surface area contributed by atoms with E-state index in [-0.39, 0.29) is 12.1 Å². The first-order chi connectivity index (χ1) is 8.68. The van der Waals surface area contributed by atoms with Gasteiger partial charge in [0.1, 0.15) is 6.61 Å². The van der Waals surface area contributed by atoms with Gasteiger partial charge >= 0.3 is 5.97 Å². The monoisotopic (exact) mass is 248 g/mol. The summed E-state index contributed by atoms with van der Waals surface area (Å²) in [6.07, 6.45) is 3.33. The molecule has 18 heavy (non-hydrogen) atoms. The Hall–Kier alpha value is -1.35. The molecule has 0 aromatic heterocycles. The molecule has 0 N–H and O–H groups in total. The number of rotatable bonds is 3. The Balaban J connectivity index is 1.93. The summed E-state index contributed by atoms with van der Waals surface area (Å²) in [4.78, 5) is 12.0. The van der Waals surface area contributed by atoms with Crippen LogP contribution in [0.15, 0.2) is 18.2 Å². The van der Waals surface area contributed by atoms with Crippen LogP contribution in [0.1, 0.15) is 40.7 Å². The van der Waals surface area contributed by atoms with Crippen LogP contribution in [0.3, 0.4) is 0 Å². The van der Waals surface area contributed by atoms with Gasteiger partial charge in [0, 0.05) is 6.61 Å². The summed E-state index contributed by atoms with van der Waals surface area (Å²) < 4.78 is 10.9. The number of carbonyl (C=O) groups excluding carboxylic acids is 1. The molecule has 1 unspecified atom stereocenters. The maximum Gasteiger partial charge on any atom is 0.338 e. The topological polar surface area (TPSA) is 35.5 Å². The van der Waals surface area contributed by atoms with E-state index in [2.05, 4.69) is 0 Å². The highest BCUT2D eigenvalue weighted by molar-refractivity contribution is 5.91. The van der Waals surface area contributed by atoms with E-state index in [1.165, 1.54) is 0 Å². The Morgan fingerprint density at radius 1 is 1.39 bits per heavy atom. The van der Waals surface area contributed by atoms with Crippen molar-refractivity contribution in [3.05, 3.63) is 34.9 Å². The van der Waals surface area contributed by atoms with Crippen LogP contribution in [0.5, 0.6) is 0 Å². The second-order valence-corrected chi connectivity index (χ2v) is 4.83. The van der Waals surface area contributed by atoms with Crippen LogP contribution in [0.25, 0.3) is 0 Å². The maximum absolute atomic E-state index is 12.0. The quantitative estimate of drug-likeness (QED) is 0.771. The molecule has 0 saturated carbocycles. The van der Waals surface area contributed by atoms with Crippen molar-refractivity contribution in [1.29, 1.82) is 0 Å². The zero-order chi connectivity index (χ0) is 13.0. The highest BCUT2D eigenvalue weighted by atomic mass is 16.6. The zero-order valence-electron chi connectivity index (χ0n) is 11.1. The molecule has 1 heterocycles. The minimum Gasteiger partial charge on any atom is -0.459 e. The summed E-state index contributed by atoms with van der Waals surface area (Å²) >= 11 is 0. The van der Waals surface area contributed by atoms with E-state index in [1.807, 2.05) is 32.0 Å². The van der Waals surface area contributed by atoms with E-state index in [0.29, 0.717) is 12.2 Å². The number of hydrogen-bond acceptors (Lipinski definition) is 3. The summed E-state index contributed by atoms with van der Waals surface area (Å²) in [7, 11) is 0. The molecule has 0 aliphatic carbocycles. The highest BCUT2D eigenvalue weighted by Crippen LogP contribution is 2.16. The van der Waals surface area contributed by atoms with Gasteiger partial charge in [0.2, 0.25) is 0 Å². The molecule has 0 bridgehead atoms. The first-order valence-electron chi connectivity index (χ1n) is 6.53. The largest absolute Gasteiger partial charge is 0.459 e. The second-order valence-electron chi connectivity index (χ2n) is 4.83. The van der Waals surface area contributed by atoms with Gasteiger partial charge < -0.3 is 9.47 Å². The fourth-order valence-electron chi connectivity index (χ4n) is 2.16. The lowest BCUT2D eigenvalue weighted by Gasteiger charge is -2.22. The van der Waals surface area contributed by atoms with Gasteiger partial charge in [-0.2, -0.15) is 0 Å². The van der Waals surface area contributed by atoms with Crippen molar-refractivity contribution in [2.24, 2.45) is 0 Å². The molecule has 1 aliphatic heterocycles. The first kappa shape index (κ1) is 13.1. The molecule has 0 spiro atoms. The molecule has 2 rings (SSSR count). The van der Waals surface area contributed by atoms with Crippen molar-refractivity contribution in [1.82, 2.24) is 0 Å². The van der Waals surface area contributed by atoms with E-state index >= 15 is 0 Å². The van der Waals surface area contributed by atoms with Crippen molar-refractivity contribution < 1.29 is 14.3 Å². The first-order valence-corrected chi connectivity index (χ1v) is 6.53. The lowest BCUT2D eigenvalue weighted by atomic mass is 10.0. The molecule has 1 saturated heterocycles. The van der Waals surface area contributed by atoms with E-state index in [0.717, 1.165) is 37.0 Å². The molecule has 0 amide bonds. The van der Waals surface area contributed by atoms with Crippen molar-refractivity contribution in [2.45, 2.75) is 39.2 Å². The third-order valence-electron chi connectivity index (χ3n) is 3.50. The van der Waals surface area contributed by atoms with Crippen LogP contribution in [-0.4, -0.2) is 25.3 Å². The Morgan fingerprint density at radius 3 is 2.94 bits per heavy atom. The number of aryl methyl sites for hydroxylation is 1. The summed E-state index contributed by atoms with van der Waals surface area (Å²) in [5.74, 6) is -0.245. The van der Waals surface area contributed by atoms with Crippen LogP contribution < -0.4 is 0 Å². The molecule has 0 radical (unpaired) electrons. The van der Waals surface area contributed by atoms with Crippen molar-refractivity contribution in [3.63, 3.8) is 0 Å². The van der Waals surface area contributed by atoms with Crippen LogP contribution >= 0.6 is 0 Å². The SMILES string of the molecule is Cc1cccc(C(=O)OCC2CCCCO2)c1C. The average Bonchev–Trinajstić information content (AvgIpc) is 2.40.